The number of rotatable bonds is 4. The predicted octanol–water partition coefficient (Wildman–Crippen LogP) is 2.71. The molecule has 1 aromatic heterocycles. The van der Waals surface area contributed by atoms with Gasteiger partial charge in [-0.3, -0.25) is 9.69 Å². The smallest absolute Gasteiger partial charge is 0.254 e. The number of likely N-dealkylation sites (tertiary alicyclic amines) is 1. The Hall–Kier alpha value is -0.650. The lowest BCUT2D eigenvalue weighted by molar-refractivity contribution is 0.0940. The number of carbonyl (C=O) groups excluding carboxylic acids is 1. The molecule has 19 heavy (non-hydrogen) atoms. The highest BCUT2D eigenvalue weighted by Gasteiger charge is 2.19. The van der Waals surface area contributed by atoms with Crippen molar-refractivity contribution >= 4 is 33.4 Å². The van der Waals surface area contributed by atoms with E-state index in [1.165, 1.54) is 12.8 Å². The van der Waals surface area contributed by atoms with Gasteiger partial charge in [-0.1, -0.05) is 11.6 Å². The fraction of sp³-hybridized carbons (Fsp3) is 0.538. The van der Waals surface area contributed by atoms with E-state index in [0.717, 1.165) is 17.6 Å². The van der Waals surface area contributed by atoms with Gasteiger partial charge in [0.1, 0.15) is 5.15 Å². The van der Waals surface area contributed by atoms with Crippen LogP contribution >= 0.6 is 27.5 Å². The summed E-state index contributed by atoms with van der Waals surface area (Å²) >= 11 is 9.22. The fourth-order valence-electron chi connectivity index (χ4n) is 2.23. The third-order valence-corrected chi connectivity index (χ3v) is 4.11. The number of hydrogen-bond donors (Lipinski definition) is 1. The SMILES string of the molecule is CC(CNC(=O)c1cc(Br)cnc1Cl)N1CCCC1. The first-order valence-corrected chi connectivity index (χ1v) is 7.58. The molecule has 2 rings (SSSR count). The van der Waals surface area contributed by atoms with Gasteiger partial charge in [-0.05, 0) is 54.9 Å². The predicted molar refractivity (Wildman–Crippen MR) is 79.5 cm³/mol. The van der Waals surface area contributed by atoms with Crippen LogP contribution in [0.3, 0.4) is 0 Å². The Morgan fingerprint density at radius 1 is 1.58 bits per heavy atom. The van der Waals surface area contributed by atoms with Gasteiger partial charge in [-0.25, -0.2) is 4.98 Å². The summed E-state index contributed by atoms with van der Waals surface area (Å²) in [5.74, 6) is -0.176. The maximum Gasteiger partial charge on any atom is 0.254 e. The molecule has 2 heterocycles. The average Bonchev–Trinajstić information content (AvgIpc) is 2.92. The molecule has 104 valence electrons. The summed E-state index contributed by atoms with van der Waals surface area (Å²) in [6.07, 6.45) is 4.07. The van der Waals surface area contributed by atoms with Gasteiger partial charge in [0.2, 0.25) is 0 Å². The number of nitrogens with zero attached hydrogens (tertiary/aromatic N) is 2. The van der Waals surface area contributed by atoms with Crippen molar-refractivity contribution in [1.29, 1.82) is 0 Å². The molecule has 0 aromatic carbocycles. The lowest BCUT2D eigenvalue weighted by Crippen LogP contribution is -2.40. The summed E-state index contributed by atoms with van der Waals surface area (Å²) in [5.41, 5.74) is 0.407. The minimum atomic E-state index is -0.176. The molecule has 4 nitrogen and oxygen atoms in total. The molecule has 0 bridgehead atoms. The minimum absolute atomic E-state index is 0.176. The Balaban J connectivity index is 1.91. The summed E-state index contributed by atoms with van der Waals surface area (Å²) in [4.78, 5) is 18.4. The van der Waals surface area contributed by atoms with Crippen LogP contribution in [0.1, 0.15) is 30.1 Å². The van der Waals surface area contributed by atoms with E-state index in [2.05, 4.69) is 38.1 Å². The maximum absolute atomic E-state index is 12.1. The van der Waals surface area contributed by atoms with Crippen molar-refractivity contribution in [2.75, 3.05) is 19.6 Å². The van der Waals surface area contributed by atoms with E-state index in [9.17, 15) is 4.79 Å². The highest BCUT2D eigenvalue weighted by atomic mass is 79.9. The van der Waals surface area contributed by atoms with Crippen molar-refractivity contribution < 1.29 is 4.79 Å². The summed E-state index contributed by atoms with van der Waals surface area (Å²) in [5, 5.41) is 3.15. The molecule has 1 saturated heterocycles. The molecule has 1 fully saturated rings. The van der Waals surface area contributed by atoms with Gasteiger partial charge in [0, 0.05) is 23.3 Å². The fourth-order valence-corrected chi connectivity index (χ4v) is 2.75. The first-order chi connectivity index (χ1) is 9.08. The highest BCUT2D eigenvalue weighted by molar-refractivity contribution is 9.10. The topological polar surface area (TPSA) is 45.2 Å². The summed E-state index contributed by atoms with van der Waals surface area (Å²) < 4.78 is 0.745. The number of amides is 1. The number of carbonyl (C=O) groups is 1. The van der Waals surface area contributed by atoms with Gasteiger partial charge < -0.3 is 5.32 Å². The van der Waals surface area contributed by atoms with Crippen molar-refractivity contribution in [2.45, 2.75) is 25.8 Å². The second-order valence-corrected chi connectivity index (χ2v) is 6.07. The van der Waals surface area contributed by atoms with Gasteiger partial charge in [0.05, 0.1) is 5.56 Å². The van der Waals surface area contributed by atoms with E-state index in [-0.39, 0.29) is 11.1 Å². The summed E-state index contributed by atoms with van der Waals surface area (Å²) in [6.45, 7) is 5.00. The van der Waals surface area contributed by atoms with Gasteiger partial charge in [0.15, 0.2) is 0 Å². The molecular weight excluding hydrogens is 330 g/mol. The number of hydrogen-bond acceptors (Lipinski definition) is 3. The molecule has 0 spiro atoms. The zero-order chi connectivity index (χ0) is 13.8. The quantitative estimate of drug-likeness (QED) is 0.853. The van der Waals surface area contributed by atoms with Crippen molar-refractivity contribution in [1.82, 2.24) is 15.2 Å². The zero-order valence-corrected chi connectivity index (χ0v) is 13.2. The van der Waals surface area contributed by atoms with Crippen molar-refractivity contribution in [3.05, 3.63) is 27.5 Å². The van der Waals surface area contributed by atoms with E-state index >= 15 is 0 Å². The molecule has 1 amide bonds. The Morgan fingerprint density at radius 2 is 2.26 bits per heavy atom. The van der Waals surface area contributed by atoms with Gasteiger partial charge in [-0.15, -0.1) is 0 Å². The van der Waals surface area contributed by atoms with Crippen molar-refractivity contribution in [2.24, 2.45) is 0 Å². The lowest BCUT2D eigenvalue weighted by atomic mass is 10.2. The van der Waals surface area contributed by atoms with Crippen LogP contribution in [0, 0.1) is 0 Å². The van der Waals surface area contributed by atoms with Crippen LogP contribution in [-0.4, -0.2) is 41.5 Å². The highest BCUT2D eigenvalue weighted by Crippen LogP contribution is 2.18. The number of pyridine rings is 1. The largest absolute Gasteiger partial charge is 0.350 e. The van der Waals surface area contributed by atoms with Crippen LogP contribution in [0.25, 0.3) is 0 Å². The van der Waals surface area contributed by atoms with Crippen LogP contribution in [0.15, 0.2) is 16.7 Å². The second kappa shape index (κ2) is 6.68. The third kappa shape index (κ3) is 3.91. The molecule has 1 aliphatic rings. The average molecular weight is 347 g/mol. The standard InChI is InChI=1S/C13H17BrClN3O/c1-9(18-4-2-3-5-18)7-17-13(19)11-6-10(14)8-16-12(11)15/h6,8-9H,2-5,7H2,1H3,(H,17,19). The molecule has 1 aromatic rings. The number of halogens is 2. The van der Waals surface area contributed by atoms with E-state index in [4.69, 9.17) is 11.6 Å². The first-order valence-electron chi connectivity index (χ1n) is 6.41. The Kier molecular flexibility index (Phi) is 5.19. The molecule has 1 unspecified atom stereocenters. The van der Waals surface area contributed by atoms with E-state index in [1.54, 1.807) is 12.3 Å². The molecular formula is C13H17BrClN3O. The summed E-state index contributed by atoms with van der Waals surface area (Å²) in [6, 6.07) is 2.04. The molecule has 0 saturated carbocycles. The van der Waals surface area contributed by atoms with Gasteiger partial charge in [0.25, 0.3) is 5.91 Å². The Morgan fingerprint density at radius 3 is 2.95 bits per heavy atom. The molecule has 1 atom stereocenters. The monoisotopic (exact) mass is 345 g/mol. The van der Waals surface area contributed by atoms with Crippen LogP contribution in [0.4, 0.5) is 0 Å². The molecule has 6 heteroatoms. The van der Waals surface area contributed by atoms with Crippen LogP contribution in [-0.2, 0) is 0 Å². The third-order valence-electron chi connectivity index (χ3n) is 3.37. The van der Waals surface area contributed by atoms with Gasteiger partial charge >= 0.3 is 0 Å². The maximum atomic E-state index is 12.1. The van der Waals surface area contributed by atoms with E-state index < -0.39 is 0 Å². The molecule has 1 N–H and O–H groups in total. The minimum Gasteiger partial charge on any atom is -0.350 e. The number of nitrogens with one attached hydrogen (secondary N) is 1. The first kappa shape index (κ1) is 14.8. The summed E-state index contributed by atoms with van der Waals surface area (Å²) in [7, 11) is 0. The van der Waals surface area contributed by atoms with E-state index in [1.807, 2.05) is 0 Å². The second-order valence-electron chi connectivity index (χ2n) is 4.79. The van der Waals surface area contributed by atoms with E-state index in [0.29, 0.717) is 18.2 Å². The lowest BCUT2D eigenvalue weighted by Gasteiger charge is -2.23. The normalized spacial score (nSPS) is 17.4. The van der Waals surface area contributed by atoms with Crippen LogP contribution < -0.4 is 5.32 Å². The van der Waals surface area contributed by atoms with Crippen molar-refractivity contribution in [3.8, 4) is 0 Å². The zero-order valence-electron chi connectivity index (χ0n) is 10.8. The number of aromatic nitrogens is 1. The molecule has 0 radical (unpaired) electrons. The Labute approximate surface area is 126 Å². The van der Waals surface area contributed by atoms with Gasteiger partial charge in [-0.2, -0.15) is 0 Å². The van der Waals surface area contributed by atoms with Crippen LogP contribution in [0.2, 0.25) is 5.15 Å². The molecule has 1 aliphatic heterocycles. The molecule has 0 aliphatic carbocycles. The Bertz CT molecular complexity index is 463. The van der Waals surface area contributed by atoms with Crippen molar-refractivity contribution in [3.63, 3.8) is 0 Å². The van der Waals surface area contributed by atoms with Crippen LogP contribution in [0.5, 0.6) is 0 Å².